The van der Waals surface area contributed by atoms with E-state index in [1.165, 1.54) is 22.3 Å². The summed E-state index contributed by atoms with van der Waals surface area (Å²) in [4.78, 5) is 2.57. The lowest BCUT2D eigenvalue weighted by atomic mass is 9.91. The van der Waals surface area contributed by atoms with E-state index in [1.54, 1.807) is 7.11 Å². The van der Waals surface area contributed by atoms with E-state index in [0.717, 1.165) is 31.9 Å². The van der Waals surface area contributed by atoms with Gasteiger partial charge < -0.3 is 10.1 Å². The van der Waals surface area contributed by atoms with Crippen LogP contribution in [-0.2, 0) is 0 Å². The van der Waals surface area contributed by atoms with Gasteiger partial charge in [-0.1, -0.05) is 42.0 Å². The largest absolute Gasteiger partial charge is 0.496 e. The standard InChI is InChI=1S/C20H26N2O/c1-15-8-9-16(2)18(14-15)20(22-12-10-21-11-13-22)17-6-4-5-7-19(17)23-3/h4-9,14,20-21H,10-13H2,1-3H3. The van der Waals surface area contributed by atoms with Crippen LogP contribution < -0.4 is 10.1 Å². The van der Waals surface area contributed by atoms with Gasteiger partial charge in [0, 0.05) is 31.7 Å². The second-order valence-corrected chi connectivity index (χ2v) is 6.29. The molecule has 122 valence electrons. The summed E-state index contributed by atoms with van der Waals surface area (Å²) in [6.07, 6.45) is 0. The zero-order chi connectivity index (χ0) is 16.2. The van der Waals surface area contributed by atoms with Crippen molar-refractivity contribution in [3.63, 3.8) is 0 Å². The number of para-hydroxylation sites is 1. The number of ether oxygens (including phenoxy) is 1. The Morgan fingerprint density at radius 2 is 1.74 bits per heavy atom. The predicted molar refractivity (Wildman–Crippen MR) is 95.2 cm³/mol. The molecule has 0 radical (unpaired) electrons. The third-order valence-electron chi connectivity index (χ3n) is 4.68. The monoisotopic (exact) mass is 310 g/mol. The third-order valence-corrected chi connectivity index (χ3v) is 4.68. The first-order valence-corrected chi connectivity index (χ1v) is 8.35. The highest BCUT2D eigenvalue weighted by molar-refractivity contribution is 5.45. The Morgan fingerprint density at radius 3 is 2.48 bits per heavy atom. The average Bonchev–Trinajstić information content (AvgIpc) is 2.59. The van der Waals surface area contributed by atoms with Gasteiger partial charge in [-0.05, 0) is 31.0 Å². The number of hydrogen-bond acceptors (Lipinski definition) is 3. The molecular weight excluding hydrogens is 284 g/mol. The molecule has 3 rings (SSSR count). The zero-order valence-electron chi connectivity index (χ0n) is 14.3. The fraction of sp³-hybridized carbons (Fsp3) is 0.400. The predicted octanol–water partition coefficient (Wildman–Crippen LogP) is 3.31. The zero-order valence-corrected chi connectivity index (χ0v) is 14.3. The summed E-state index contributed by atoms with van der Waals surface area (Å²) < 4.78 is 5.67. The molecule has 3 nitrogen and oxygen atoms in total. The summed E-state index contributed by atoms with van der Waals surface area (Å²) in [6, 6.07) is 15.4. The summed E-state index contributed by atoms with van der Waals surface area (Å²) in [5, 5.41) is 3.45. The Balaban J connectivity index is 2.11. The first kappa shape index (κ1) is 16.0. The molecule has 1 fully saturated rings. The second-order valence-electron chi connectivity index (χ2n) is 6.29. The van der Waals surface area contributed by atoms with Crippen molar-refractivity contribution in [2.45, 2.75) is 19.9 Å². The molecule has 0 amide bonds. The van der Waals surface area contributed by atoms with Gasteiger partial charge in [-0.15, -0.1) is 0 Å². The van der Waals surface area contributed by atoms with Crippen molar-refractivity contribution in [2.75, 3.05) is 33.3 Å². The molecule has 0 spiro atoms. The van der Waals surface area contributed by atoms with Gasteiger partial charge in [-0.2, -0.15) is 0 Å². The van der Waals surface area contributed by atoms with Crippen LogP contribution in [0.1, 0.15) is 28.3 Å². The summed E-state index contributed by atoms with van der Waals surface area (Å²) >= 11 is 0. The lowest BCUT2D eigenvalue weighted by Crippen LogP contribution is -2.45. The van der Waals surface area contributed by atoms with Crippen LogP contribution in [0.5, 0.6) is 5.75 Å². The van der Waals surface area contributed by atoms with Crippen molar-refractivity contribution in [2.24, 2.45) is 0 Å². The normalized spacial score (nSPS) is 17.0. The lowest BCUT2D eigenvalue weighted by molar-refractivity contribution is 0.195. The molecule has 0 aliphatic carbocycles. The van der Waals surface area contributed by atoms with E-state index in [-0.39, 0.29) is 6.04 Å². The number of hydrogen-bond donors (Lipinski definition) is 1. The highest BCUT2D eigenvalue weighted by Crippen LogP contribution is 2.36. The minimum atomic E-state index is 0.244. The van der Waals surface area contributed by atoms with Gasteiger partial charge in [0.1, 0.15) is 5.75 Å². The topological polar surface area (TPSA) is 24.5 Å². The molecule has 0 aromatic heterocycles. The van der Waals surface area contributed by atoms with E-state index in [9.17, 15) is 0 Å². The van der Waals surface area contributed by atoms with Gasteiger partial charge in [0.15, 0.2) is 0 Å². The van der Waals surface area contributed by atoms with Gasteiger partial charge in [0.05, 0.1) is 13.2 Å². The fourth-order valence-corrected chi connectivity index (χ4v) is 3.45. The molecule has 1 N–H and O–H groups in total. The van der Waals surface area contributed by atoms with Gasteiger partial charge in [0.2, 0.25) is 0 Å². The number of nitrogens with one attached hydrogen (secondary N) is 1. The minimum absolute atomic E-state index is 0.244. The van der Waals surface area contributed by atoms with Gasteiger partial charge in [-0.25, -0.2) is 0 Å². The highest BCUT2D eigenvalue weighted by Gasteiger charge is 2.27. The quantitative estimate of drug-likeness (QED) is 0.938. The van der Waals surface area contributed by atoms with Crippen molar-refractivity contribution in [1.82, 2.24) is 10.2 Å². The van der Waals surface area contributed by atoms with Crippen LogP contribution in [0.4, 0.5) is 0 Å². The molecule has 1 saturated heterocycles. The number of rotatable bonds is 4. The van der Waals surface area contributed by atoms with Crippen molar-refractivity contribution < 1.29 is 4.74 Å². The van der Waals surface area contributed by atoms with E-state index in [1.807, 2.05) is 6.07 Å². The van der Waals surface area contributed by atoms with Gasteiger partial charge in [-0.3, -0.25) is 4.90 Å². The van der Waals surface area contributed by atoms with E-state index in [2.05, 4.69) is 60.5 Å². The first-order valence-electron chi connectivity index (χ1n) is 8.35. The SMILES string of the molecule is COc1ccccc1C(c1cc(C)ccc1C)N1CCNCC1. The van der Waals surface area contributed by atoms with Crippen LogP contribution in [-0.4, -0.2) is 38.2 Å². The Labute approximate surface area is 139 Å². The van der Waals surface area contributed by atoms with E-state index >= 15 is 0 Å². The van der Waals surface area contributed by atoms with Crippen molar-refractivity contribution in [3.8, 4) is 5.75 Å². The summed E-state index contributed by atoms with van der Waals surface area (Å²) in [5.41, 5.74) is 5.28. The molecule has 0 saturated carbocycles. The fourth-order valence-electron chi connectivity index (χ4n) is 3.45. The molecule has 1 aliphatic rings. The molecular formula is C20H26N2O. The first-order chi connectivity index (χ1) is 11.2. The maximum absolute atomic E-state index is 5.67. The Kier molecular flexibility index (Phi) is 4.99. The van der Waals surface area contributed by atoms with Crippen LogP contribution in [0.15, 0.2) is 42.5 Å². The molecule has 2 aromatic carbocycles. The van der Waals surface area contributed by atoms with Crippen molar-refractivity contribution in [1.29, 1.82) is 0 Å². The van der Waals surface area contributed by atoms with Gasteiger partial charge >= 0.3 is 0 Å². The number of nitrogens with zero attached hydrogens (tertiary/aromatic N) is 1. The number of piperazine rings is 1. The lowest BCUT2D eigenvalue weighted by Gasteiger charge is -2.37. The molecule has 1 aliphatic heterocycles. The number of aryl methyl sites for hydroxylation is 2. The molecule has 1 unspecified atom stereocenters. The van der Waals surface area contributed by atoms with E-state index in [4.69, 9.17) is 4.74 Å². The van der Waals surface area contributed by atoms with Crippen LogP contribution >= 0.6 is 0 Å². The summed E-state index contributed by atoms with van der Waals surface area (Å²) in [5.74, 6) is 0.969. The smallest absolute Gasteiger partial charge is 0.123 e. The molecule has 2 aromatic rings. The van der Waals surface area contributed by atoms with E-state index < -0.39 is 0 Å². The van der Waals surface area contributed by atoms with Crippen LogP contribution in [0.25, 0.3) is 0 Å². The number of benzene rings is 2. The maximum Gasteiger partial charge on any atom is 0.123 e. The molecule has 0 bridgehead atoms. The van der Waals surface area contributed by atoms with Crippen LogP contribution in [0.3, 0.4) is 0 Å². The highest BCUT2D eigenvalue weighted by atomic mass is 16.5. The number of methoxy groups -OCH3 is 1. The minimum Gasteiger partial charge on any atom is -0.496 e. The maximum atomic E-state index is 5.67. The Morgan fingerprint density at radius 1 is 1.00 bits per heavy atom. The Bertz CT molecular complexity index is 662. The third kappa shape index (κ3) is 3.41. The molecule has 3 heteroatoms. The summed E-state index contributed by atoms with van der Waals surface area (Å²) in [7, 11) is 1.76. The molecule has 1 atom stereocenters. The molecule has 1 heterocycles. The molecule has 23 heavy (non-hydrogen) atoms. The summed E-state index contributed by atoms with van der Waals surface area (Å²) in [6.45, 7) is 8.55. The second kappa shape index (κ2) is 7.16. The van der Waals surface area contributed by atoms with Crippen LogP contribution in [0, 0.1) is 13.8 Å². The van der Waals surface area contributed by atoms with Crippen LogP contribution in [0.2, 0.25) is 0 Å². The van der Waals surface area contributed by atoms with Crippen molar-refractivity contribution >= 4 is 0 Å². The average molecular weight is 310 g/mol. The van der Waals surface area contributed by atoms with Crippen molar-refractivity contribution in [3.05, 3.63) is 64.7 Å². The van der Waals surface area contributed by atoms with Gasteiger partial charge in [0.25, 0.3) is 0 Å². The van der Waals surface area contributed by atoms with E-state index in [0.29, 0.717) is 0 Å². The Hall–Kier alpha value is -1.84.